The van der Waals surface area contributed by atoms with Crippen LogP contribution in [0, 0.1) is 10.1 Å². The topological polar surface area (TPSA) is 95.7 Å². The number of nitro benzene ring substituents is 1. The number of halogens is 1. The van der Waals surface area contributed by atoms with E-state index in [0.717, 1.165) is 12.1 Å². The van der Waals surface area contributed by atoms with Crippen LogP contribution in [-0.2, 0) is 13.8 Å². The van der Waals surface area contributed by atoms with E-state index in [9.17, 15) is 18.5 Å². The number of benzene rings is 1. The molecule has 19 heavy (non-hydrogen) atoms. The normalized spacial score (nSPS) is 11.3. The smallest absolute Gasteiger partial charge is 0.271 e. The average molecular weight is 310 g/mol. The Kier molecular flexibility index (Phi) is 5.52. The highest BCUT2D eigenvalue weighted by molar-refractivity contribution is 8.13. The van der Waals surface area contributed by atoms with Gasteiger partial charge in [-0.15, -0.1) is 0 Å². The molecule has 0 bridgehead atoms. The van der Waals surface area contributed by atoms with Gasteiger partial charge in [0.25, 0.3) is 14.7 Å². The van der Waals surface area contributed by atoms with Gasteiger partial charge in [0.1, 0.15) is 17.3 Å². The van der Waals surface area contributed by atoms with Crippen molar-refractivity contribution in [3.63, 3.8) is 0 Å². The summed E-state index contributed by atoms with van der Waals surface area (Å²) in [4.78, 5) is 9.45. The van der Waals surface area contributed by atoms with Crippen LogP contribution >= 0.6 is 10.7 Å². The molecule has 0 saturated heterocycles. The molecule has 9 heteroatoms. The first-order valence-electron chi connectivity index (χ1n) is 5.30. The van der Waals surface area contributed by atoms with Crippen molar-refractivity contribution in [3.05, 3.63) is 28.3 Å². The molecule has 0 spiro atoms. The molecule has 1 aromatic rings. The van der Waals surface area contributed by atoms with E-state index in [4.69, 9.17) is 20.2 Å². The number of nitrogens with zero attached hydrogens (tertiary/aromatic N) is 1. The van der Waals surface area contributed by atoms with Crippen molar-refractivity contribution in [1.82, 2.24) is 0 Å². The Morgan fingerprint density at radius 2 is 2.05 bits per heavy atom. The molecule has 0 aliphatic carbocycles. The minimum atomic E-state index is -4.13. The first kappa shape index (κ1) is 15.7. The third-order valence-electron chi connectivity index (χ3n) is 2.09. The second-order valence-electron chi connectivity index (χ2n) is 3.37. The van der Waals surface area contributed by atoms with Crippen LogP contribution < -0.4 is 4.74 Å². The fourth-order valence-electron chi connectivity index (χ4n) is 1.27. The number of non-ortho nitro benzene ring substituents is 1. The van der Waals surface area contributed by atoms with Crippen LogP contribution in [0.3, 0.4) is 0 Å². The number of rotatable bonds is 7. The first-order chi connectivity index (χ1) is 8.86. The summed E-state index contributed by atoms with van der Waals surface area (Å²) in [6.45, 7) is 2.70. The maximum absolute atomic E-state index is 11.3. The minimum Gasteiger partial charge on any atom is -0.490 e. The second kappa shape index (κ2) is 6.69. The third-order valence-corrected chi connectivity index (χ3v) is 3.43. The van der Waals surface area contributed by atoms with Crippen molar-refractivity contribution in [2.75, 3.05) is 19.8 Å². The lowest BCUT2D eigenvalue weighted by atomic mass is 10.3. The van der Waals surface area contributed by atoms with Gasteiger partial charge in [0.05, 0.1) is 11.5 Å². The molecular formula is C10H12ClNO6S. The summed E-state index contributed by atoms with van der Waals surface area (Å²) in [7, 11) is 1.09. The standard InChI is InChI=1S/C10H12ClNO6S/c1-2-17-5-6-18-9-4-3-8(12(13)14)7-10(9)19(11,15)16/h3-4,7H,2,5-6H2,1H3. The zero-order chi connectivity index (χ0) is 14.5. The molecule has 7 nitrogen and oxygen atoms in total. The van der Waals surface area contributed by atoms with Crippen LogP contribution in [0.1, 0.15) is 6.92 Å². The van der Waals surface area contributed by atoms with Gasteiger partial charge < -0.3 is 9.47 Å². The van der Waals surface area contributed by atoms with Gasteiger partial charge >= 0.3 is 0 Å². The van der Waals surface area contributed by atoms with Crippen LogP contribution in [0.25, 0.3) is 0 Å². The Hall–Kier alpha value is -1.38. The van der Waals surface area contributed by atoms with Crippen LogP contribution in [0.2, 0.25) is 0 Å². The van der Waals surface area contributed by atoms with E-state index in [1.54, 1.807) is 6.92 Å². The fraction of sp³-hybridized carbons (Fsp3) is 0.400. The van der Waals surface area contributed by atoms with E-state index < -0.39 is 18.9 Å². The van der Waals surface area contributed by atoms with Gasteiger partial charge in [-0.1, -0.05) is 0 Å². The molecule has 1 aromatic carbocycles. The largest absolute Gasteiger partial charge is 0.490 e. The summed E-state index contributed by atoms with van der Waals surface area (Å²) >= 11 is 0. The van der Waals surface area contributed by atoms with Crippen molar-refractivity contribution in [2.45, 2.75) is 11.8 Å². The summed E-state index contributed by atoms with van der Waals surface area (Å²) in [6, 6.07) is 3.19. The highest BCUT2D eigenvalue weighted by Crippen LogP contribution is 2.30. The Morgan fingerprint density at radius 1 is 1.37 bits per heavy atom. The summed E-state index contributed by atoms with van der Waals surface area (Å²) in [5.41, 5.74) is -0.378. The number of hydrogen-bond donors (Lipinski definition) is 0. The van der Waals surface area contributed by atoms with Crippen molar-refractivity contribution in [2.24, 2.45) is 0 Å². The SMILES string of the molecule is CCOCCOc1ccc([N+](=O)[O-])cc1S(=O)(=O)Cl. The Bertz CT molecular complexity index is 559. The highest BCUT2D eigenvalue weighted by Gasteiger charge is 2.21. The van der Waals surface area contributed by atoms with Gasteiger partial charge in [0.2, 0.25) is 0 Å². The average Bonchev–Trinajstić information content (AvgIpc) is 2.33. The molecule has 0 aliphatic heterocycles. The lowest BCUT2D eigenvalue weighted by molar-refractivity contribution is -0.385. The molecular weight excluding hydrogens is 298 g/mol. The predicted molar refractivity (Wildman–Crippen MR) is 68.1 cm³/mol. The van der Waals surface area contributed by atoms with Crippen molar-refractivity contribution in [3.8, 4) is 5.75 Å². The van der Waals surface area contributed by atoms with Crippen LogP contribution in [0.5, 0.6) is 5.75 Å². The van der Waals surface area contributed by atoms with Crippen molar-refractivity contribution < 1.29 is 22.8 Å². The highest BCUT2D eigenvalue weighted by atomic mass is 35.7. The van der Waals surface area contributed by atoms with E-state index in [2.05, 4.69) is 0 Å². The van der Waals surface area contributed by atoms with E-state index in [1.807, 2.05) is 0 Å². The molecule has 1 rings (SSSR count). The monoisotopic (exact) mass is 309 g/mol. The Morgan fingerprint density at radius 3 is 2.58 bits per heavy atom. The first-order valence-corrected chi connectivity index (χ1v) is 7.61. The minimum absolute atomic E-state index is 0.0414. The summed E-state index contributed by atoms with van der Waals surface area (Å²) in [5.74, 6) is -0.0414. The Labute approximate surface area is 114 Å². The van der Waals surface area contributed by atoms with Gasteiger partial charge in [-0.2, -0.15) is 0 Å². The maximum Gasteiger partial charge on any atom is 0.271 e. The number of nitro groups is 1. The van der Waals surface area contributed by atoms with Gasteiger partial charge in [-0.25, -0.2) is 8.42 Å². The van der Waals surface area contributed by atoms with Crippen molar-refractivity contribution in [1.29, 1.82) is 0 Å². The quantitative estimate of drug-likeness (QED) is 0.330. The zero-order valence-corrected chi connectivity index (χ0v) is 11.6. The van der Waals surface area contributed by atoms with Gasteiger partial charge in [0, 0.05) is 29.4 Å². The molecule has 0 heterocycles. The summed E-state index contributed by atoms with van der Waals surface area (Å²) in [5, 5.41) is 10.6. The Balaban J connectivity index is 3.00. The van der Waals surface area contributed by atoms with E-state index in [0.29, 0.717) is 6.61 Å². The molecule has 0 unspecified atom stereocenters. The fourth-order valence-corrected chi connectivity index (χ4v) is 2.27. The summed E-state index contributed by atoms with van der Waals surface area (Å²) < 4.78 is 32.9. The third kappa shape index (κ3) is 4.66. The molecule has 0 saturated carbocycles. The molecule has 0 atom stereocenters. The number of ether oxygens (including phenoxy) is 2. The maximum atomic E-state index is 11.3. The van der Waals surface area contributed by atoms with E-state index in [-0.39, 0.29) is 24.7 Å². The van der Waals surface area contributed by atoms with Gasteiger partial charge in [-0.3, -0.25) is 10.1 Å². The molecule has 0 amide bonds. The zero-order valence-electron chi connectivity index (χ0n) is 10.0. The van der Waals surface area contributed by atoms with Crippen LogP contribution in [0.15, 0.2) is 23.1 Å². The molecule has 0 aliphatic rings. The lowest BCUT2D eigenvalue weighted by Gasteiger charge is -2.09. The lowest BCUT2D eigenvalue weighted by Crippen LogP contribution is -2.08. The van der Waals surface area contributed by atoms with Gasteiger partial charge in [-0.05, 0) is 13.0 Å². The second-order valence-corrected chi connectivity index (χ2v) is 5.91. The van der Waals surface area contributed by atoms with Crippen LogP contribution in [-0.4, -0.2) is 33.2 Å². The van der Waals surface area contributed by atoms with E-state index in [1.165, 1.54) is 6.07 Å². The molecule has 106 valence electrons. The molecule has 0 aromatic heterocycles. The number of hydrogen-bond acceptors (Lipinski definition) is 6. The predicted octanol–water partition coefficient (Wildman–Crippen LogP) is 1.94. The summed E-state index contributed by atoms with van der Waals surface area (Å²) in [6.07, 6.45) is 0. The van der Waals surface area contributed by atoms with E-state index >= 15 is 0 Å². The van der Waals surface area contributed by atoms with Gasteiger partial charge in [0.15, 0.2) is 0 Å². The molecule has 0 fully saturated rings. The van der Waals surface area contributed by atoms with Crippen molar-refractivity contribution >= 4 is 25.4 Å². The van der Waals surface area contributed by atoms with Crippen LogP contribution in [0.4, 0.5) is 5.69 Å². The molecule has 0 radical (unpaired) electrons. The molecule has 0 N–H and O–H groups in total.